The minimum absolute atomic E-state index is 0.0766. The summed E-state index contributed by atoms with van der Waals surface area (Å²) in [5.74, 6) is 0.902. The molecule has 2 aromatic carbocycles. The summed E-state index contributed by atoms with van der Waals surface area (Å²) in [4.78, 5) is 25.6. The van der Waals surface area contributed by atoms with Crippen molar-refractivity contribution in [1.82, 2.24) is 4.90 Å². The standard InChI is InChI=1S/C23H23NO5/c1-4-27-22-13-16(10-12-20(22)28-15-23(26)24(2)3)9-11-18(25)21-14-17-7-5-6-8-19(17)29-21/h5-14H,4,15H2,1-3H3/b11-9+. The van der Waals surface area contributed by atoms with Crippen molar-refractivity contribution in [2.45, 2.75) is 6.92 Å². The third kappa shape index (κ3) is 5.04. The van der Waals surface area contributed by atoms with Crippen molar-refractivity contribution in [3.8, 4) is 11.5 Å². The second kappa shape index (κ2) is 9.10. The van der Waals surface area contributed by atoms with Gasteiger partial charge < -0.3 is 18.8 Å². The number of amides is 1. The lowest BCUT2D eigenvalue weighted by atomic mass is 10.1. The highest BCUT2D eigenvalue weighted by Crippen LogP contribution is 2.29. The highest BCUT2D eigenvalue weighted by Gasteiger charge is 2.11. The van der Waals surface area contributed by atoms with Crippen LogP contribution in [0.2, 0.25) is 0 Å². The third-order valence-corrected chi connectivity index (χ3v) is 4.21. The van der Waals surface area contributed by atoms with Crippen LogP contribution in [0.3, 0.4) is 0 Å². The average Bonchev–Trinajstić information content (AvgIpc) is 3.15. The van der Waals surface area contributed by atoms with E-state index >= 15 is 0 Å². The first-order valence-corrected chi connectivity index (χ1v) is 9.28. The Morgan fingerprint density at radius 3 is 2.55 bits per heavy atom. The Labute approximate surface area is 169 Å². The molecule has 150 valence electrons. The summed E-state index contributed by atoms with van der Waals surface area (Å²) in [6, 6.07) is 14.5. The number of nitrogens with zero attached hydrogens (tertiary/aromatic N) is 1. The lowest BCUT2D eigenvalue weighted by molar-refractivity contribution is -0.130. The van der Waals surface area contributed by atoms with Crippen molar-refractivity contribution in [2.75, 3.05) is 27.3 Å². The van der Waals surface area contributed by atoms with E-state index in [4.69, 9.17) is 13.9 Å². The lowest BCUT2D eigenvalue weighted by Crippen LogP contribution is -2.27. The highest BCUT2D eigenvalue weighted by atomic mass is 16.5. The molecular weight excluding hydrogens is 370 g/mol. The predicted molar refractivity (Wildman–Crippen MR) is 111 cm³/mol. The average molecular weight is 393 g/mol. The zero-order valence-electron chi connectivity index (χ0n) is 16.7. The summed E-state index contributed by atoms with van der Waals surface area (Å²) < 4.78 is 16.8. The van der Waals surface area contributed by atoms with Crippen molar-refractivity contribution in [3.05, 3.63) is 65.9 Å². The second-order valence-corrected chi connectivity index (χ2v) is 6.56. The Balaban J connectivity index is 1.74. The van der Waals surface area contributed by atoms with Gasteiger partial charge in [0.2, 0.25) is 5.78 Å². The molecule has 6 nitrogen and oxygen atoms in total. The minimum atomic E-state index is -0.226. The fourth-order valence-corrected chi connectivity index (χ4v) is 2.64. The smallest absolute Gasteiger partial charge is 0.259 e. The van der Waals surface area contributed by atoms with E-state index in [-0.39, 0.29) is 24.1 Å². The topological polar surface area (TPSA) is 69.0 Å². The van der Waals surface area contributed by atoms with Crippen molar-refractivity contribution in [2.24, 2.45) is 0 Å². The Kier molecular flexibility index (Phi) is 6.34. The number of allylic oxidation sites excluding steroid dienone is 1. The number of furan rings is 1. The molecule has 0 saturated heterocycles. The number of ketones is 1. The number of para-hydroxylation sites is 1. The molecule has 0 fully saturated rings. The molecule has 0 bridgehead atoms. The van der Waals surface area contributed by atoms with Gasteiger partial charge in [0.25, 0.3) is 5.91 Å². The first-order chi connectivity index (χ1) is 14.0. The molecule has 0 N–H and O–H groups in total. The largest absolute Gasteiger partial charge is 0.490 e. The van der Waals surface area contributed by atoms with Crippen LogP contribution in [0.25, 0.3) is 17.0 Å². The maximum atomic E-state index is 12.4. The quantitative estimate of drug-likeness (QED) is 0.424. The van der Waals surface area contributed by atoms with Crippen LogP contribution in [0.4, 0.5) is 0 Å². The van der Waals surface area contributed by atoms with Crippen molar-refractivity contribution in [3.63, 3.8) is 0 Å². The van der Waals surface area contributed by atoms with Gasteiger partial charge in [-0.25, -0.2) is 0 Å². The van der Waals surface area contributed by atoms with E-state index in [1.54, 1.807) is 44.4 Å². The second-order valence-electron chi connectivity index (χ2n) is 6.56. The van der Waals surface area contributed by atoms with Crippen LogP contribution in [0.15, 0.2) is 59.0 Å². The van der Waals surface area contributed by atoms with Crippen LogP contribution in [-0.4, -0.2) is 43.9 Å². The maximum Gasteiger partial charge on any atom is 0.259 e. The van der Waals surface area contributed by atoms with Crippen LogP contribution in [0.1, 0.15) is 23.0 Å². The SMILES string of the molecule is CCOc1cc(/C=C/C(=O)c2cc3ccccc3o2)ccc1OCC(=O)N(C)C. The van der Waals surface area contributed by atoms with Gasteiger partial charge in [0.15, 0.2) is 23.9 Å². The summed E-state index contributed by atoms with van der Waals surface area (Å²) >= 11 is 0. The van der Waals surface area contributed by atoms with E-state index < -0.39 is 0 Å². The van der Waals surface area contributed by atoms with Gasteiger partial charge in [0.05, 0.1) is 6.61 Å². The third-order valence-electron chi connectivity index (χ3n) is 4.21. The molecule has 6 heteroatoms. The van der Waals surface area contributed by atoms with Crippen molar-refractivity contribution >= 4 is 28.7 Å². The maximum absolute atomic E-state index is 12.4. The molecule has 0 aliphatic heterocycles. The van der Waals surface area contributed by atoms with Gasteiger partial charge in [-0.3, -0.25) is 9.59 Å². The number of likely N-dealkylation sites (N-methyl/N-ethyl adjacent to an activating group) is 1. The number of fused-ring (bicyclic) bond motifs is 1. The van der Waals surface area contributed by atoms with E-state index in [1.807, 2.05) is 31.2 Å². The zero-order valence-corrected chi connectivity index (χ0v) is 16.7. The number of carbonyl (C=O) groups excluding carboxylic acids is 2. The molecular formula is C23H23NO5. The van der Waals surface area contributed by atoms with E-state index in [0.717, 1.165) is 10.9 Å². The Morgan fingerprint density at radius 2 is 1.83 bits per heavy atom. The normalized spacial score (nSPS) is 11.0. The van der Waals surface area contributed by atoms with Crippen LogP contribution in [0.5, 0.6) is 11.5 Å². The van der Waals surface area contributed by atoms with Gasteiger partial charge in [-0.15, -0.1) is 0 Å². The van der Waals surface area contributed by atoms with Gasteiger partial charge in [0.1, 0.15) is 5.58 Å². The van der Waals surface area contributed by atoms with Crippen molar-refractivity contribution in [1.29, 1.82) is 0 Å². The highest BCUT2D eigenvalue weighted by molar-refractivity contribution is 6.07. The molecule has 1 heterocycles. The first-order valence-electron chi connectivity index (χ1n) is 9.28. The summed E-state index contributed by atoms with van der Waals surface area (Å²) in [5, 5.41) is 0.886. The Morgan fingerprint density at radius 1 is 1.03 bits per heavy atom. The summed E-state index contributed by atoms with van der Waals surface area (Å²) in [7, 11) is 3.34. The molecule has 0 aliphatic rings. The van der Waals surface area contributed by atoms with E-state index in [2.05, 4.69) is 0 Å². The number of ether oxygens (including phenoxy) is 2. The number of rotatable bonds is 8. The number of hydrogen-bond donors (Lipinski definition) is 0. The molecule has 3 rings (SSSR count). The van der Waals surface area contributed by atoms with Gasteiger partial charge in [-0.2, -0.15) is 0 Å². The number of carbonyl (C=O) groups is 2. The van der Waals surface area contributed by atoms with E-state index in [1.165, 1.54) is 11.0 Å². The summed E-state index contributed by atoms with van der Waals surface area (Å²) in [6.45, 7) is 2.23. The molecule has 0 aliphatic carbocycles. The van der Waals surface area contributed by atoms with Gasteiger partial charge in [-0.1, -0.05) is 30.3 Å². The zero-order chi connectivity index (χ0) is 20.8. The molecule has 0 saturated carbocycles. The monoisotopic (exact) mass is 393 g/mol. The van der Waals surface area contributed by atoms with Crippen LogP contribution in [-0.2, 0) is 4.79 Å². The fraction of sp³-hybridized carbons (Fsp3) is 0.217. The molecule has 0 unspecified atom stereocenters. The predicted octanol–water partition coefficient (Wildman–Crippen LogP) is 4.19. The minimum Gasteiger partial charge on any atom is -0.490 e. The molecule has 29 heavy (non-hydrogen) atoms. The van der Waals surface area contributed by atoms with Crippen LogP contribution >= 0.6 is 0 Å². The van der Waals surface area contributed by atoms with Gasteiger partial charge >= 0.3 is 0 Å². The lowest BCUT2D eigenvalue weighted by Gasteiger charge is -2.14. The van der Waals surface area contributed by atoms with E-state index in [9.17, 15) is 9.59 Å². The molecule has 1 amide bonds. The number of benzene rings is 2. The molecule has 0 atom stereocenters. The molecule has 1 aromatic heterocycles. The molecule has 0 spiro atoms. The summed E-state index contributed by atoms with van der Waals surface area (Å²) in [6.07, 6.45) is 3.14. The summed E-state index contributed by atoms with van der Waals surface area (Å²) in [5.41, 5.74) is 1.45. The van der Waals surface area contributed by atoms with Gasteiger partial charge in [-0.05, 0) is 42.8 Å². The van der Waals surface area contributed by atoms with Crippen molar-refractivity contribution < 1.29 is 23.5 Å². The molecule has 0 radical (unpaired) electrons. The van der Waals surface area contributed by atoms with E-state index in [0.29, 0.717) is 23.7 Å². The molecule has 3 aromatic rings. The van der Waals surface area contributed by atoms with Gasteiger partial charge in [0, 0.05) is 19.5 Å². The number of hydrogen-bond acceptors (Lipinski definition) is 5. The van der Waals surface area contributed by atoms with Crippen LogP contribution in [0, 0.1) is 0 Å². The Bertz CT molecular complexity index is 1020. The van der Waals surface area contributed by atoms with Crippen LogP contribution < -0.4 is 9.47 Å². The first kappa shape index (κ1) is 20.2. The Hall–Kier alpha value is -3.54. The fourth-order valence-electron chi connectivity index (χ4n) is 2.64.